The third kappa shape index (κ3) is 2.50. The van der Waals surface area contributed by atoms with Gasteiger partial charge in [-0.3, -0.25) is 0 Å². The molecule has 0 aliphatic heterocycles. The molecule has 5 heteroatoms. The molecule has 0 saturated heterocycles. The zero-order valence-electron chi connectivity index (χ0n) is 5.64. The van der Waals surface area contributed by atoms with E-state index in [-0.39, 0.29) is 28.1 Å². The van der Waals surface area contributed by atoms with Gasteiger partial charge < -0.3 is 5.11 Å². The van der Waals surface area contributed by atoms with Crippen LogP contribution in [0.2, 0.25) is 15.1 Å². The van der Waals surface area contributed by atoms with Gasteiger partial charge in [0.25, 0.3) is 0 Å². The van der Waals surface area contributed by atoms with Crippen molar-refractivity contribution < 1.29 is 9.90 Å². The fourth-order valence-electron chi connectivity index (χ4n) is 0.723. The highest BCUT2D eigenvalue weighted by Crippen LogP contribution is 2.30. The van der Waals surface area contributed by atoms with Crippen LogP contribution in [0, 0.1) is 0 Å². The van der Waals surface area contributed by atoms with Crippen molar-refractivity contribution in [2.45, 2.75) is 7.43 Å². The van der Waals surface area contributed by atoms with Gasteiger partial charge in [0.2, 0.25) is 0 Å². The van der Waals surface area contributed by atoms with Crippen LogP contribution < -0.4 is 0 Å². The molecule has 0 fully saturated rings. The molecule has 0 bridgehead atoms. The van der Waals surface area contributed by atoms with Gasteiger partial charge in [0.15, 0.2) is 0 Å². The number of halogens is 3. The molecule has 0 unspecified atom stereocenters. The third-order valence-electron chi connectivity index (χ3n) is 1.26. The molecule has 0 aliphatic carbocycles. The number of rotatable bonds is 1. The summed E-state index contributed by atoms with van der Waals surface area (Å²) in [6.07, 6.45) is 0. The first-order valence-electron chi connectivity index (χ1n) is 2.91. The van der Waals surface area contributed by atoms with Crippen LogP contribution in [-0.2, 0) is 0 Å². The Labute approximate surface area is 91.0 Å². The lowest BCUT2D eigenvalue weighted by Gasteiger charge is -2.02. The molecular weight excluding hydrogens is 234 g/mol. The Kier molecular flexibility index (Phi) is 4.54. The van der Waals surface area contributed by atoms with Crippen molar-refractivity contribution in [3.63, 3.8) is 0 Å². The fourth-order valence-corrected chi connectivity index (χ4v) is 1.41. The van der Waals surface area contributed by atoms with E-state index in [1.54, 1.807) is 0 Å². The second-order valence-electron chi connectivity index (χ2n) is 2.02. The zero-order chi connectivity index (χ0) is 9.30. The molecule has 0 saturated carbocycles. The first kappa shape index (κ1) is 12.6. The Balaban J connectivity index is 0.00000144. The summed E-state index contributed by atoms with van der Waals surface area (Å²) >= 11 is 16.7. The van der Waals surface area contributed by atoms with Gasteiger partial charge in [-0.1, -0.05) is 42.2 Å². The van der Waals surface area contributed by atoms with Crippen LogP contribution in [0.3, 0.4) is 0 Å². The van der Waals surface area contributed by atoms with Crippen molar-refractivity contribution in [3.8, 4) is 0 Å². The van der Waals surface area contributed by atoms with E-state index in [4.69, 9.17) is 39.9 Å². The van der Waals surface area contributed by atoms with Crippen LogP contribution in [0.5, 0.6) is 0 Å². The molecule has 0 spiro atoms. The molecule has 0 radical (unpaired) electrons. The SMILES string of the molecule is C.O=C(O)c1c(Cl)ccc(Cl)c1Cl. The molecule has 0 aromatic heterocycles. The van der Waals surface area contributed by atoms with E-state index in [0.717, 1.165) is 0 Å². The molecule has 1 N–H and O–H groups in total. The molecule has 1 aromatic rings. The standard InChI is InChI=1S/C7H3Cl3O2.CH4/c8-3-1-2-4(9)6(10)5(3)7(11)12;/h1-2H,(H,11,12);1H4. The maximum absolute atomic E-state index is 10.6. The summed E-state index contributed by atoms with van der Waals surface area (Å²) in [5, 5.41) is 8.87. The molecule has 2 nitrogen and oxygen atoms in total. The summed E-state index contributed by atoms with van der Waals surface area (Å²) in [6, 6.07) is 2.83. The van der Waals surface area contributed by atoms with Crippen molar-refractivity contribution in [1.82, 2.24) is 0 Å². The molecule has 0 aliphatic rings. The van der Waals surface area contributed by atoms with E-state index in [1.165, 1.54) is 12.1 Å². The summed E-state index contributed by atoms with van der Waals surface area (Å²) in [6.45, 7) is 0. The lowest BCUT2D eigenvalue weighted by atomic mass is 10.2. The molecule has 1 rings (SSSR count). The molecular formula is C8H7Cl3O2. The minimum absolute atomic E-state index is 0. The van der Waals surface area contributed by atoms with Gasteiger partial charge in [0, 0.05) is 0 Å². The highest BCUT2D eigenvalue weighted by atomic mass is 35.5. The largest absolute Gasteiger partial charge is 0.478 e. The Bertz CT molecular complexity index is 336. The molecule has 13 heavy (non-hydrogen) atoms. The highest BCUT2D eigenvalue weighted by molar-refractivity contribution is 6.45. The minimum atomic E-state index is -1.19. The zero-order valence-corrected chi connectivity index (χ0v) is 7.91. The summed E-state index contributed by atoms with van der Waals surface area (Å²) in [4.78, 5) is 10.6. The Morgan fingerprint density at radius 2 is 1.62 bits per heavy atom. The number of aromatic carboxylic acids is 1. The van der Waals surface area contributed by atoms with Crippen molar-refractivity contribution in [3.05, 3.63) is 32.8 Å². The van der Waals surface area contributed by atoms with Crippen LogP contribution in [0.15, 0.2) is 12.1 Å². The van der Waals surface area contributed by atoms with Crippen molar-refractivity contribution in [2.75, 3.05) is 0 Å². The van der Waals surface area contributed by atoms with Crippen LogP contribution in [0.1, 0.15) is 17.8 Å². The van der Waals surface area contributed by atoms with Gasteiger partial charge in [-0.15, -0.1) is 0 Å². The van der Waals surface area contributed by atoms with Gasteiger partial charge in [-0.05, 0) is 12.1 Å². The predicted octanol–water partition coefficient (Wildman–Crippen LogP) is 3.98. The fraction of sp³-hybridized carbons (Fsp3) is 0.125. The smallest absolute Gasteiger partial charge is 0.338 e. The monoisotopic (exact) mass is 240 g/mol. The maximum atomic E-state index is 10.6. The lowest BCUT2D eigenvalue weighted by molar-refractivity contribution is 0.0697. The number of carboxylic acid groups (broad SMARTS) is 1. The van der Waals surface area contributed by atoms with Crippen LogP contribution in [0.4, 0.5) is 0 Å². The van der Waals surface area contributed by atoms with Crippen molar-refractivity contribution in [1.29, 1.82) is 0 Å². The highest BCUT2D eigenvalue weighted by Gasteiger charge is 2.15. The summed E-state index contributed by atoms with van der Waals surface area (Å²) in [5.74, 6) is -1.19. The quantitative estimate of drug-likeness (QED) is 0.755. The van der Waals surface area contributed by atoms with Gasteiger partial charge in [-0.25, -0.2) is 4.79 Å². The summed E-state index contributed by atoms with van der Waals surface area (Å²) in [7, 11) is 0. The second kappa shape index (κ2) is 4.70. The maximum Gasteiger partial charge on any atom is 0.338 e. The third-order valence-corrected chi connectivity index (χ3v) is 2.38. The number of hydrogen-bond acceptors (Lipinski definition) is 1. The number of carbonyl (C=O) groups is 1. The molecule has 1 aromatic carbocycles. The molecule has 72 valence electrons. The Morgan fingerprint density at radius 1 is 1.15 bits per heavy atom. The van der Waals surface area contributed by atoms with E-state index in [2.05, 4.69) is 0 Å². The van der Waals surface area contributed by atoms with E-state index in [1.807, 2.05) is 0 Å². The summed E-state index contributed by atoms with van der Waals surface area (Å²) in [5.41, 5.74) is -0.161. The normalized spacial score (nSPS) is 9.15. The predicted molar refractivity (Wildman–Crippen MR) is 55.2 cm³/mol. The number of carboxylic acids is 1. The van der Waals surface area contributed by atoms with Crippen LogP contribution in [0.25, 0.3) is 0 Å². The topological polar surface area (TPSA) is 37.3 Å². The van der Waals surface area contributed by atoms with Crippen LogP contribution >= 0.6 is 34.8 Å². The van der Waals surface area contributed by atoms with Crippen molar-refractivity contribution >= 4 is 40.8 Å². The molecule has 0 atom stereocenters. The number of benzene rings is 1. The van der Waals surface area contributed by atoms with E-state index >= 15 is 0 Å². The van der Waals surface area contributed by atoms with E-state index in [9.17, 15) is 4.79 Å². The Hall–Kier alpha value is -0.440. The first-order chi connectivity index (χ1) is 5.54. The van der Waals surface area contributed by atoms with Gasteiger partial charge in [-0.2, -0.15) is 0 Å². The van der Waals surface area contributed by atoms with Gasteiger partial charge in [0.1, 0.15) is 0 Å². The van der Waals surface area contributed by atoms with E-state index < -0.39 is 5.97 Å². The van der Waals surface area contributed by atoms with Crippen molar-refractivity contribution in [2.24, 2.45) is 0 Å². The minimum Gasteiger partial charge on any atom is -0.478 e. The van der Waals surface area contributed by atoms with Gasteiger partial charge >= 0.3 is 5.97 Å². The first-order valence-corrected chi connectivity index (χ1v) is 4.04. The average Bonchev–Trinajstić information content (AvgIpc) is 1.97. The van der Waals surface area contributed by atoms with E-state index in [0.29, 0.717) is 0 Å². The summed E-state index contributed by atoms with van der Waals surface area (Å²) < 4.78 is 0. The molecule has 0 heterocycles. The van der Waals surface area contributed by atoms with Gasteiger partial charge in [0.05, 0.1) is 20.6 Å². The number of hydrogen-bond donors (Lipinski definition) is 1. The average molecular weight is 242 g/mol. The molecule has 0 amide bonds. The Morgan fingerprint density at radius 3 is 2.00 bits per heavy atom. The second-order valence-corrected chi connectivity index (χ2v) is 3.22. The lowest BCUT2D eigenvalue weighted by Crippen LogP contribution is -1.98. The van der Waals surface area contributed by atoms with Crippen LogP contribution in [-0.4, -0.2) is 11.1 Å².